The summed E-state index contributed by atoms with van der Waals surface area (Å²) in [5, 5.41) is 7.72. The molecular weight excluding hydrogens is 400 g/mol. The van der Waals surface area contributed by atoms with Crippen molar-refractivity contribution in [2.24, 2.45) is 11.3 Å². The summed E-state index contributed by atoms with van der Waals surface area (Å²) in [7, 11) is 0. The number of nitrogens with one attached hydrogen (secondary N) is 1. The van der Waals surface area contributed by atoms with Gasteiger partial charge in [0.05, 0.1) is 22.5 Å². The Morgan fingerprint density at radius 3 is 2.53 bits per heavy atom. The molecule has 0 spiro atoms. The number of rotatable bonds is 6. The molecule has 1 aliphatic rings. The fraction of sp³-hybridized carbons (Fsp3) is 0.385. The van der Waals surface area contributed by atoms with Crippen LogP contribution in [-0.2, 0) is 19.4 Å². The number of fused-ring (bicyclic) bond motifs is 1. The standard InChI is InChI=1S/C26H30N4O2/c1-17(2)12-20-24-21(13-26(3,4)14-22(24)31)30(29-20)23-11-10-19(16-27-23)25(32)28-15-18-8-6-5-7-9-18/h5-11,16-17H,12-15H2,1-4H3,(H,28,32). The summed E-state index contributed by atoms with van der Waals surface area (Å²) in [5.41, 5.74) is 3.96. The van der Waals surface area contributed by atoms with Crippen LogP contribution in [0.25, 0.3) is 5.82 Å². The first-order chi connectivity index (χ1) is 15.2. The quantitative estimate of drug-likeness (QED) is 0.622. The van der Waals surface area contributed by atoms with Crippen LogP contribution in [0.3, 0.4) is 0 Å². The Kier molecular flexibility index (Phi) is 5.96. The molecule has 0 saturated carbocycles. The molecule has 166 valence electrons. The van der Waals surface area contributed by atoms with Crippen molar-refractivity contribution < 1.29 is 9.59 Å². The summed E-state index contributed by atoms with van der Waals surface area (Å²) in [6.07, 6.45) is 3.62. The number of pyridine rings is 1. The van der Waals surface area contributed by atoms with Crippen LogP contribution in [0.5, 0.6) is 0 Å². The van der Waals surface area contributed by atoms with Gasteiger partial charge in [-0.3, -0.25) is 9.59 Å². The lowest BCUT2D eigenvalue weighted by atomic mass is 9.75. The minimum Gasteiger partial charge on any atom is -0.348 e. The summed E-state index contributed by atoms with van der Waals surface area (Å²) in [6, 6.07) is 13.3. The van der Waals surface area contributed by atoms with Gasteiger partial charge in [-0.05, 0) is 41.9 Å². The number of nitrogens with zero attached hydrogens (tertiary/aromatic N) is 3. The fourth-order valence-corrected chi connectivity index (χ4v) is 4.27. The zero-order chi connectivity index (χ0) is 22.9. The lowest BCUT2D eigenvalue weighted by Crippen LogP contribution is -2.28. The third-order valence-corrected chi connectivity index (χ3v) is 5.74. The Morgan fingerprint density at radius 1 is 1.12 bits per heavy atom. The van der Waals surface area contributed by atoms with Crippen molar-refractivity contribution in [3.63, 3.8) is 0 Å². The molecule has 2 aromatic heterocycles. The van der Waals surface area contributed by atoms with E-state index in [0.717, 1.165) is 35.4 Å². The summed E-state index contributed by atoms with van der Waals surface area (Å²) >= 11 is 0. The molecule has 0 fully saturated rings. The van der Waals surface area contributed by atoms with Gasteiger partial charge >= 0.3 is 0 Å². The van der Waals surface area contributed by atoms with Crippen LogP contribution in [0.2, 0.25) is 0 Å². The zero-order valence-electron chi connectivity index (χ0n) is 19.2. The van der Waals surface area contributed by atoms with Gasteiger partial charge in [-0.15, -0.1) is 0 Å². The second-order valence-electron chi connectivity index (χ2n) is 9.79. The Morgan fingerprint density at radius 2 is 1.88 bits per heavy atom. The molecule has 1 aliphatic carbocycles. The van der Waals surface area contributed by atoms with Gasteiger partial charge < -0.3 is 5.32 Å². The average Bonchev–Trinajstić information content (AvgIpc) is 3.09. The van der Waals surface area contributed by atoms with E-state index in [1.54, 1.807) is 23.0 Å². The molecule has 0 aliphatic heterocycles. The molecule has 3 aromatic rings. The first-order valence-electron chi connectivity index (χ1n) is 11.2. The molecular formula is C26H30N4O2. The lowest BCUT2D eigenvalue weighted by molar-refractivity contribution is 0.0908. The largest absolute Gasteiger partial charge is 0.348 e. The van der Waals surface area contributed by atoms with Gasteiger partial charge in [0.25, 0.3) is 5.91 Å². The Labute approximate surface area is 189 Å². The van der Waals surface area contributed by atoms with Gasteiger partial charge in [0.1, 0.15) is 0 Å². The van der Waals surface area contributed by atoms with E-state index in [2.05, 4.69) is 38.0 Å². The second kappa shape index (κ2) is 8.69. The van der Waals surface area contributed by atoms with Crippen LogP contribution in [0.4, 0.5) is 0 Å². The molecule has 0 atom stereocenters. The van der Waals surface area contributed by atoms with Crippen LogP contribution in [0.15, 0.2) is 48.7 Å². The predicted molar refractivity (Wildman–Crippen MR) is 124 cm³/mol. The monoisotopic (exact) mass is 430 g/mol. The smallest absolute Gasteiger partial charge is 0.253 e. The van der Waals surface area contributed by atoms with E-state index in [-0.39, 0.29) is 17.1 Å². The van der Waals surface area contributed by atoms with Gasteiger partial charge in [-0.1, -0.05) is 58.0 Å². The molecule has 1 N–H and O–H groups in total. The Hall–Kier alpha value is -3.28. The van der Waals surface area contributed by atoms with Gasteiger partial charge in [0.2, 0.25) is 0 Å². The SMILES string of the molecule is CC(C)Cc1nn(-c2ccc(C(=O)NCc3ccccc3)cn2)c2c1C(=O)CC(C)(C)C2. The number of hydrogen-bond donors (Lipinski definition) is 1. The fourth-order valence-electron chi connectivity index (χ4n) is 4.27. The molecule has 0 radical (unpaired) electrons. The van der Waals surface area contributed by atoms with E-state index in [9.17, 15) is 9.59 Å². The summed E-state index contributed by atoms with van der Waals surface area (Å²) in [4.78, 5) is 30.0. The number of amides is 1. The van der Waals surface area contributed by atoms with E-state index < -0.39 is 0 Å². The van der Waals surface area contributed by atoms with Crippen LogP contribution < -0.4 is 5.32 Å². The molecule has 0 bridgehead atoms. The van der Waals surface area contributed by atoms with Crippen molar-refractivity contribution in [1.29, 1.82) is 0 Å². The molecule has 32 heavy (non-hydrogen) atoms. The minimum atomic E-state index is -0.174. The Bertz CT molecular complexity index is 1130. The van der Waals surface area contributed by atoms with E-state index in [4.69, 9.17) is 5.10 Å². The van der Waals surface area contributed by atoms with Crippen LogP contribution >= 0.6 is 0 Å². The number of aromatic nitrogens is 3. The first kappa shape index (κ1) is 21.9. The topological polar surface area (TPSA) is 76.9 Å². The van der Waals surface area contributed by atoms with E-state index in [1.807, 2.05) is 30.3 Å². The van der Waals surface area contributed by atoms with Crippen LogP contribution in [-0.4, -0.2) is 26.5 Å². The normalized spacial score (nSPS) is 15.0. The second-order valence-corrected chi connectivity index (χ2v) is 9.79. The highest BCUT2D eigenvalue weighted by atomic mass is 16.1. The maximum Gasteiger partial charge on any atom is 0.253 e. The van der Waals surface area contributed by atoms with Crippen molar-refractivity contribution in [1.82, 2.24) is 20.1 Å². The van der Waals surface area contributed by atoms with Crippen molar-refractivity contribution >= 4 is 11.7 Å². The maximum atomic E-state index is 13.0. The zero-order valence-corrected chi connectivity index (χ0v) is 19.2. The van der Waals surface area contributed by atoms with Gasteiger partial charge in [0.15, 0.2) is 11.6 Å². The molecule has 1 amide bonds. The summed E-state index contributed by atoms with van der Waals surface area (Å²) < 4.78 is 1.80. The lowest BCUT2D eigenvalue weighted by Gasteiger charge is -2.29. The number of benzene rings is 1. The number of ketones is 1. The van der Waals surface area contributed by atoms with Crippen molar-refractivity contribution in [2.75, 3.05) is 0 Å². The predicted octanol–water partition coefficient (Wildman–Crippen LogP) is 4.55. The van der Waals surface area contributed by atoms with E-state index in [1.165, 1.54) is 0 Å². The maximum absolute atomic E-state index is 13.0. The van der Waals surface area contributed by atoms with Crippen molar-refractivity contribution in [3.05, 3.63) is 76.7 Å². The molecule has 6 heteroatoms. The first-order valence-corrected chi connectivity index (χ1v) is 11.2. The van der Waals surface area contributed by atoms with Crippen LogP contribution in [0.1, 0.15) is 71.8 Å². The highest BCUT2D eigenvalue weighted by Gasteiger charge is 2.36. The van der Waals surface area contributed by atoms with Gasteiger partial charge in [-0.25, -0.2) is 9.67 Å². The van der Waals surface area contributed by atoms with Gasteiger partial charge in [-0.2, -0.15) is 5.10 Å². The summed E-state index contributed by atoms with van der Waals surface area (Å²) in [5.74, 6) is 1.01. The third-order valence-electron chi connectivity index (χ3n) is 5.74. The molecule has 4 rings (SSSR count). The van der Waals surface area contributed by atoms with Crippen LogP contribution in [0, 0.1) is 11.3 Å². The number of hydrogen-bond acceptors (Lipinski definition) is 4. The number of carbonyl (C=O) groups excluding carboxylic acids is 2. The number of Topliss-reactive ketones (excluding diaryl/α,β-unsaturated/α-hetero) is 1. The molecule has 6 nitrogen and oxygen atoms in total. The molecule has 0 saturated heterocycles. The molecule has 1 aromatic carbocycles. The van der Waals surface area contributed by atoms with E-state index >= 15 is 0 Å². The minimum absolute atomic E-state index is 0.117. The number of carbonyl (C=O) groups is 2. The average molecular weight is 431 g/mol. The van der Waals surface area contributed by atoms with Crippen molar-refractivity contribution in [2.45, 2.75) is 53.5 Å². The third kappa shape index (κ3) is 4.64. The van der Waals surface area contributed by atoms with Gasteiger partial charge in [0, 0.05) is 19.2 Å². The highest BCUT2D eigenvalue weighted by molar-refractivity contribution is 6.00. The summed E-state index contributed by atoms with van der Waals surface area (Å²) in [6.45, 7) is 8.94. The molecule has 0 unspecified atom stereocenters. The van der Waals surface area contributed by atoms with E-state index in [0.29, 0.717) is 30.3 Å². The Balaban J connectivity index is 1.60. The highest BCUT2D eigenvalue weighted by Crippen LogP contribution is 2.37. The van der Waals surface area contributed by atoms with Crippen molar-refractivity contribution in [3.8, 4) is 5.82 Å². The molecule has 2 heterocycles.